The fourth-order valence-corrected chi connectivity index (χ4v) is 2.53. The summed E-state index contributed by atoms with van der Waals surface area (Å²) in [5.41, 5.74) is 1.04. The Morgan fingerprint density at radius 3 is 2.64 bits per heavy atom. The largest absolute Gasteiger partial charge is 0.481 e. The van der Waals surface area contributed by atoms with Crippen LogP contribution in [0.5, 0.6) is 0 Å². The van der Waals surface area contributed by atoms with Gasteiger partial charge in [-0.2, -0.15) is 0 Å². The molecule has 0 radical (unpaired) electrons. The van der Waals surface area contributed by atoms with Crippen LogP contribution in [0.1, 0.15) is 24.8 Å². The van der Waals surface area contributed by atoms with Crippen LogP contribution in [0, 0.1) is 5.92 Å². The monoisotopic (exact) mass is 304 g/mol. The molecule has 2 unspecified atom stereocenters. The lowest BCUT2D eigenvalue weighted by atomic mass is 10.00. The molecule has 0 aromatic heterocycles. The van der Waals surface area contributed by atoms with Crippen molar-refractivity contribution in [3.63, 3.8) is 0 Å². The van der Waals surface area contributed by atoms with Crippen molar-refractivity contribution >= 4 is 17.8 Å². The van der Waals surface area contributed by atoms with Gasteiger partial charge in [0.2, 0.25) is 11.8 Å². The summed E-state index contributed by atoms with van der Waals surface area (Å²) >= 11 is 0. The van der Waals surface area contributed by atoms with Gasteiger partial charge in [-0.05, 0) is 18.4 Å². The molecule has 0 saturated carbocycles. The molecule has 22 heavy (non-hydrogen) atoms. The second kappa shape index (κ2) is 7.59. The van der Waals surface area contributed by atoms with Crippen molar-refractivity contribution in [2.75, 3.05) is 6.54 Å². The molecule has 0 spiro atoms. The van der Waals surface area contributed by atoms with Crippen molar-refractivity contribution in [2.24, 2.45) is 5.92 Å². The van der Waals surface area contributed by atoms with Crippen LogP contribution in [-0.2, 0) is 20.8 Å². The molecule has 1 aliphatic heterocycles. The number of carbonyl (C=O) groups excluding carboxylic acids is 2. The second-order valence-electron chi connectivity index (χ2n) is 5.53. The fraction of sp³-hybridized carbons (Fsp3) is 0.438. The summed E-state index contributed by atoms with van der Waals surface area (Å²) in [5, 5.41) is 14.4. The molecular weight excluding hydrogens is 284 g/mol. The van der Waals surface area contributed by atoms with E-state index in [4.69, 9.17) is 5.11 Å². The average molecular weight is 304 g/mol. The van der Waals surface area contributed by atoms with Crippen molar-refractivity contribution in [2.45, 2.75) is 31.7 Å². The normalized spacial score (nSPS) is 18.5. The van der Waals surface area contributed by atoms with Crippen molar-refractivity contribution in [3.8, 4) is 0 Å². The van der Waals surface area contributed by atoms with Crippen LogP contribution in [0.3, 0.4) is 0 Å². The molecule has 0 aliphatic carbocycles. The van der Waals surface area contributed by atoms with Gasteiger partial charge in [0.25, 0.3) is 0 Å². The maximum absolute atomic E-state index is 12.2. The minimum atomic E-state index is -0.884. The summed E-state index contributed by atoms with van der Waals surface area (Å²) < 4.78 is 0. The third kappa shape index (κ3) is 4.87. The van der Waals surface area contributed by atoms with E-state index >= 15 is 0 Å². The number of carboxylic acids is 1. The molecule has 1 aromatic rings. The summed E-state index contributed by atoms with van der Waals surface area (Å²) in [5.74, 6) is -1.56. The predicted molar refractivity (Wildman–Crippen MR) is 80.1 cm³/mol. The smallest absolute Gasteiger partial charge is 0.303 e. The van der Waals surface area contributed by atoms with Gasteiger partial charge in [0.15, 0.2) is 0 Å². The van der Waals surface area contributed by atoms with Crippen LogP contribution in [0.15, 0.2) is 30.3 Å². The maximum atomic E-state index is 12.2. The quantitative estimate of drug-likeness (QED) is 0.691. The molecular formula is C16H20N2O4. The molecule has 1 saturated heterocycles. The maximum Gasteiger partial charge on any atom is 0.303 e. The van der Waals surface area contributed by atoms with Gasteiger partial charge in [-0.3, -0.25) is 14.4 Å². The Labute approximate surface area is 128 Å². The van der Waals surface area contributed by atoms with Crippen LogP contribution in [-0.4, -0.2) is 35.5 Å². The first-order valence-electron chi connectivity index (χ1n) is 7.37. The third-order valence-electron chi connectivity index (χ3n) is 3.73. The molecule has 1 aromatic carbocycles. The molecule has 2 rings (SSSR count). The Morgan fingerprint density at radius 1 is 1.32 bits per heavy atom. The first-order valence-corrected chi connectivity index (χ1v) is 7.37. The topological polar surface area (TPSA) is 95.5 Å². The number of benzene rings is 1. The lowest BCUT2D eigenvalue weighted by Gasteiger charge is -2.20. The van der Waals surface area contributed by atoms with Gasteiger partial charge in [0.05, 0.1) is 5.92 Å². The standard InChI is InChI=1S/C16H20N2O4/c19-14-9-12(10-17-14)16(22)18-13(6-7-15(20)21)8-11-4-2-1-3-5-11/h1-5,12-13H,6-10H2,(H,17,19)(H,18,22)(H,20,21). The average Bonchev–Trinajstić information content (AvgIpc) is 2.92. The van der Waals surface area contributed by atoms with E-state index in [1.165, 1.54) is 0 Å². The SMILES string of the molecule is O=C(O)CCC(Cc1ccccc1)NC(=O)C1CNC(=O)C1. The van der Waals surface area contributed by atoms with E-state index in [0.29, 0.717) is 19.4 Å². The number of carbonyl (C=O) groups is 3. The Balaban J connectivity index is 1.95. The van der Waals surface area contributed by atoms with Crippen LogP contribution in [0.2, 0.25) is 0 Å². The minimum Gasteiger partial charge on any atom is -0.481 e. The lowest BCUT2D eigenvalue weighted by Crippen LogP contribution is -2.41. The Bertz CT molecular complexity index is 544. The molecule has 0 bridgehead atoms. The zero-order valence-corrected chi connectivity index (χ0v) is 12.2. The Hall–Kier alpha value is -2.37. The summed E-state index contributed by atoms with van der Waals surface area (Å²) in [7, 11) is 0. The van der Waals surface area contributed by atoms with Gasteiger partial charge in [-0.1, -0.05) is 30.3 Å². The van der Waals surface area contributed by atoms with E-state index in [-0.39, 0.29) is 36.6 Å². The van der Waals surface area contributed by atoms with Crippen molar-refractivity contribution < 1.29 is 19.5 Å². The lowest BCUT2D eigenvalue weighted by molar-refractivity contribution is -0.137. The molecule has 6 nitrogen and oxygen atoms in total. The predicted octanol–water partition coefficient (Wildman–Crippen LogP) is 0.715. The molecule has 1 aliphatic rings. The van der Waals surface area contributed by atoms with E-state index in [0.717, 1.165) is 5.56 Å². The Morgan fingerprint density at radius 2 is 2.05 bits per heavy atom. The molecule has 1 fully saturated rings. The first kappa shape index (κ1) is 16.0. The molecule has 118 valence electrons. The zero-order chi connectivity index (χ0) is 15.9. The fourth-order valence-electron chi connectivity index (χ4n) is 2.53. The molecule has 2 amide bonds. The van der Waals surface area contributed by atoms with Crippen molar-refractivity contribution in [1.29, 1.82) is 0 Å². The van der Waals surface area contributed by atoms with Crippen LogP contribution in [0.4, 0.5) is 0 Å². The number of nitrogens with one attached hydrogen (secondary N) is 2. The highest BCUT2D eigenvalue weighted by atomic mass is 16.4. The molecule has 2 atom stereocenters. The zero-order valence-electron chi connectivity index (χ0n) is 12.2. The van der Waals surface area contributed by atoms with E-state index in [9.17, 15) is 14.4 Å². The van der Waals surface area contributed by atoms with Crippen LogP contribution >= 0.6 is 0 Å². The van der Waals surface area contributed by atoms with Crippen LogP contribution < -0.4 is 10.6 Å². The van der Waals surface area contributed by atoms with Gasteiger partial charge in [0, 0.05) is 25.4 Å². The second-order valence-corrected chi connectivity index (χ2v) is 5.53. The highest BCUT2D eigenvalue weighted by Crippen LogP contribution is 2.12. The first-order chi connectivity index (χ1) is 10.5. The number of amides is 2. The summed E-state index contributed by atoms with van der Waals surface area (Å²) in [6, 6.07) is 9.36. The van der Waals surface area contributed by atoms with E-state index in [2.05, 4.69) is 10.6 Å². The van der Waals surface area contributed by atoms with Gasteiger partial charge in [0.1, 0.15) is 0 Å². The summed E-state index contributed by atoms with van der Waals surface area (Å²) in [6.45, 7) is 0.349. The highest BCUT2D eigenvalue weighted by Gasteiger charge is 2.29. The summed E-state index contributed by atoms with van der Waals surface area (Å²) in [4.78, 5) is 34.1. The number of hydrogen-bond donors (Lipinski definition) is 3. The van der Waals surface area contributed by atoms with Gasteiger partial charge in [-0.15, -0.1) is 0 Å². The van der Waals surface area contributed by atoms with Gasteiger partial charge < -0.3 is 15.7 Å². The highest BCUT2D eigenvalue weighted by molar-refractivity contribution is 5.89. The number of rotatable bonds is 7. The van der Waals surface area contributed by atoms with Crippen LogP contribution in [0.25, 0.3) is 0 Å². The third-order valence-corrected chi connectivity index (χ3v) is 3.73. The molecule has 3 N–H and O–H groups in total. The molecule has 1 heterocycles. The van der Waals surface area contributed by atoms with Crippen molar-refractivity contribution in [3.05, 3.63) is 35.9 Å². The van der Waals surface area contributed by atoms with E-state index in [1.54, 1.807) is 0 Å². The van der Waals surface area contributed by atoms with E-state index in [1.807, 2.05) is 30.3 Å². The van der Waals surface area contributed by atoms with Gasteiger partial charge >= 0.3 is 5.97 Å². The van der Waals surface area contributed by atoms with E-state index < -0.39 is 5.97 Å². The molecule has 6 heteroatoms. The minimum absolute atomic E-state index is 0.000370. The van der Waals surface area contributed by atoms with Gasteiger partial charge in [-0.25, -0.2) is 0 Å². The number of aliphatic carboxylic acids is 1. The van der Waals surface area contributed by atoms with Crippen molar-refractivity contribution in [1.82, 2.24) is 10.6 Å². The number of hydrogen-bond acceptors (Lipinski definition) is 3. The Kier molecular flexibility index (Phi) is 5.52. The summed E-state index contributed by atoms with van der Waals surface area (Å²) in [6.07, 6.45) is 1.14. The number of carboxylic acid groups (broad SMARTS) is 1.